The maximum Gasteiger partial charge on any atom is 0.0932 e. The molecule has 2 aliphatic rings. The third kappa shape index (κ3) is 6.78. The van der Waals surface area contributed by atoms with Crippen LogP contribution in [-0.4, -0.2) is 33.5 Å². The van der Waals surface area contributed by atoms with Crippen molar-refractivity contribution in [2.45, 2.75) is 103 Å². The van der Waals surface area contributed by atoms with E-state index in [9.17, 15) is 0 Å². The van der Waals surface area contributed by atoms with Crippen molar-refractivity contribution in [1.29, 1.82) is 0 Å². The van der Waals surface area contributed by atoms with Gasteiger partial charge in [-0.1, -0.05) is 37.5 Å². The van der Waals surface area contributed by atoms with Gasteiger partial charge in [-0.2, -0.15) is 10.2 Å². The van der Waals surface area contributed by atoms with Crippen molar-refractivity contribution in [3.63, 3.8) is 0 Å². The molecule has 1 aromatic carbocycles. The summed E-state index contributed by atoms with van der Waals surface area (Å²) in [4.78, 5) is 4.82. The van der Waals surface area contributed by atoms with Crippen LogP contribution < -0.4 is 11.1 Å². The maximum absolute atomic E-state index is 5.97. The fraction of sp³-hybridized carbons (Fsp3) is 0.567. The van der Waals surface area contributed by atoms with Gasteiger partial charge >= 0.3 is 0 Å². The number of nitrogens with one attached hydrogen (secondary N) is 1. The molecule has 2 heterocycles. The first kappa shape index (κ1) is 25.6. The molecule has 0 radical (unpaired) electrons. The first-order valence-electron chi connectivity index (χ1n) is 13.3. The van der Waals surface area contributed by atoms with Gasteiger partial charge in [0.25, 0.3) is 0 Å². The molecular formula is C30H43N5. The molecule has 5 heteroatoms. The monoisotopic (exact) mass is 473 g/mol. The number of hydrogen-bond donors (Lipinski definition) is 2. The van der Waals surface area contributed by atoms with Crippen molar-refractivity contribution in [2.24, 2.45) is 16.6 Å². The molecule has 3 N–H and O–H groups in total. The summed E-state index contributed by atoms with van der Waals surface area (Å²) in [5.74, 6) is 0.610. The number of benzene rings is 1. The highest BCUT2D eigenvalue weighted by Crippen LogP contribution is 2.34. The van der Waals surface area contributed by atoms with E-state index in [1.165, 1.54) is 32.1 Å². The Labute approximate surface area is 211 Å². The summed E-state index contributed by atoms with van der Waals surface area (Å²) in [5, 5.41) is 13.0. The van der Waals surface area contributed by atoms with Crippen LogP contribution in [0.15, 0.2) is 41.5 Å². The summed E-state index contributed by atoms with van der Waals surface area (Å²) in [6.07, 6.45) is 13.2. The number of aryl methyl sites for hydroxylation is 1. The molecule has 188 valence electrons. The zero-order valence-corrected chi connectivity index (χ0v) is 22.3. The lowest BCUT2D eigenvalue weighted by Gasteiger charge is -2.46. The van der Waals surface area contributed by atoms with Crippen LogP contribution in [0, 0.1) is 12.8 Å². The van der Waals surface area contributed by atoms with Crippen molar-refractivity contribution in [2.75, 3.05) is 0 Å². The van der Waals surface area contributed by atoms with Crippen LogP contribution in [0.1, 0.15) is 89.5 Å². The Balaban J connectivity index is 1.44. The standard InChI is InChI=1S/C30H43N5/c1-21-15-23(24(19-31)20-32-25-9-7-6-8-10-25)11-13-27(21)28-14-12-26(33-34-28)16-22-17-29(2,3)35-30(4,5)18-22/h11-15,19-20,22,25,35H,6-10,16-18,31H2,1-5H3. The molecule has 0 unspecified atom stereocenters. The maximum atomic E-state index is 5.97. The summed E-state index contributed by atoms with van der Waals surface area (Å²) in [5.41, 5.74) is 12.6. The van der Waals surface area contributed by atoms with E-state index in [0.29, 0.717) is 12.0 Å². The molecule has 2 fully saturated rings. The molecule has 0 atom stereocenters. The van der Waals surface area contributed by atoms with Crippen molar-refractivity contribution < 1.29 is 0 Å². The van der Waals surface area contributed by atoms with E-state index in [4.69, 9.17) is 10.7 Å². The summed E-state index contributed by atoms with van der Waals surface area (Å²) in [7, 11) is 0. The van der Waals surface area contributed by atoms with Gasteiger partial charge in [-0.05, 0) is 95.9 Å². The fourth-order valence-corrected chi connectivity index (χ4v) is 6.35. The lowest BCUT2D eigenvalue weighted by Crippen LogP contribution is -2.58. The third-order valence-corrected chi connectivity index (χ3v) is 7.51. The first-order valence-corrected chi connectivity index (χ1v) is 13.3. The van der Waals surface area contributed by atoms with E-state index in [1.807, 2.05) is 6.21 Å². The molecule has 1 saturated heterocycles. The van der Waals surface area contributed by atoms with Gasteiger partial charge in [-0.25, -0.2) is 0 Å². The molecule has 0 spiro atoms. The van der Waals surface area contributed by atoms with Gasteiger partial charge in [0.15, 0.2) is 0 Å². The van der Waals surface area contributed by atoms with Crippen molar-refractivity contribution >= 4 is 11.8 Å². The highest BCUT2D eigenvalue weighted by molar-refractivity contribution is 6.09. The van der Waals surface area contributed by atoms with Crippen molar-refractivity contribution in [1.82, 2.24) is 15.5 Å². The number of aliphatic imine (C=N–C) groups is 1. The minimum Gasteiger partial charge on any atom is -0.404 e. The molecule has 1 saturated carbocycles. The molecule has 1 aliphatic heterocycles. The Kier molecular flexibility index (Phi) is 7.75. The zero-order chi connectivity index (χ0) is 25.1. The molecule has 5 nitrogen and oxygen atoms in total. The van der Waals surface area contributed by atoms with Crippen molar-refractivity contribution in [3.05, 3.63) is 53.4 Å². The van der Waals surface area contributed by atoms with Gasteiger partial charge in [0.2, 0.25) is 0 Å². The Morgan fingerprint density at radius 2 is 1.74 bits per heavy atom. The summed E-state index contributed by atoms with van der Waals surface area (Å²) in [6, 6.07) is 11.1. The largest absolute Gasteiger partial charge is 0.404 e. The van der Waals surface area contributed by atoms with Gasteiger partial charge in [-0.3, -0.25) is 4.99 Å². The Morgan fingerprint density at radius 1 is 1.03 bits per heavy atom. The van der Waals surface area contributed by atoms with Crippen LogP contribution >= 0.6 is 0 Å². The number of aromatic nitrogens is 2. The fourth-order valence-electron chi connectivity index (χ4n) is 6.35. The number of piperidine rings is 1. The van der Waals surface area contributed by atoms with Gasteiger partial charge in [0.1, 0.15) is 0 Å². The van der Waals surface area contributed by atoms with Crippen molar-refractivity contribution in [3.8, 4) is 11.3 Å². The smallest absolute Gasteiger partial charge is 0.0932 e. The van der Waals surface area contributed by atoms with Crippen LogP contribution in [0.2, 0.25) is 0 Å². The van der Waals surface area contributed by atoms with Crippen LogP contribution in [-0.2, 0) is 6.42 Å². The van der Waals surface area contributed by atoms with Crippen LogP contribution in [0.3, 0.4) is 0 Å². The Hall–Kier alpha value is -2.53. The topological polar surface area (TPSA) is 76.2 Å². The Bertz CT molecular complexity index is 1040. The number of nitrogens with zero attached hydrogens (tertiary/aromatic N) is 3. The predicted octanol–water partition coefficient (Wildman–Crippen LogP) is 6.25. The van der Waals surface area contributed by atoms with Crippen LogP contribution in [0.5, 0.6) is 0 Å². The number of rotatable bonds is 6. The SMILES string of the molecule is Cc1cc(C(C=NC2CCCCC2)=CN)ccc1-c1ccc(CC2CC(C)(C)NC(C)(C)C2)nn1. The number of nitrogens with two attached hydrogens (primary N) is 1. The van der Waals surface area contributed by atoms with Crippen LogP contribution in [0.25, 0.3) is 16.8 Å². The first-order chi connectivity index (χ1) is 16.6. The van der Waals surface area contributed by atoms with E-state index < -0.39 is 0 Å². The zero-order valence-electron chi connectivity index (χ0n) is 22.3. The van der Waals surface area contributed by atoms with Gasteiger partial charge in [-0.15, -0.1) is 0 Å². The van der Waals surface area contributed by atoms with Crippen LogP contribution in [0.4, 0.5) is 0 Å². The molecule has 1 aliphatic carbocycles. The predicted molar refractivity (Wildman–Crippen MR) is 147 cm³/mol. The Morgan fingerprint density at radius 3 is 2.34 bits per heavy atom. The lowest BCUT2D eigenvalue weighted by atomic mass is 9.74. The molecule has 0 amide bonds. The molecule has 35 heavy (non-hydrogen) atoms. The molecule has 2 aromatic rings. The summed E-state index contributed by atoms with van der Waals surface area (Å²) < 4.78 is 0. The van der Waals surface area contributed by atoms with Gasteiger partial charge in [0, 0.05) is 40.7 Å². The second kappa shape index (κ2) is 10.6. The minimum absolute atomic E-state index is 0.149. The second-order valence-corrected chi connectivity index (χ2v) is 12.0. The van der Waals surface area contributed by atoms with E-state index >= 15 is 0 Å². The van der Waals surface area contributed by atoms with E-state index in [-0.39, 0.29) is 11.1 Å². The second-order valence-electron chi connectivity index (χ2n) is 12.0. The summed E-state index contributed by atoms with van der Waals surface area (Å²) in [6.45, 7) is 11.3. The minimum atomic E-state index is 0.149. The van der Waals surface area contributed by atoms with E-state index in [2.05, 4.69) is 80.5 Å². The average molecular weight is 474 g/mol. The number of hydrogen-bond acceptors (Lipinski definition) is 5. The molecule has 0 bridgehead atoms. The lowest BCUT2D eigenvalue weighted by molar-refractivity contribution is 0.128. The normalized spacial score (nSPS) is 21.5. The molecule has 1 aromatic heterocycles. The van der Waals surface area contributed by atoms with Gasteiger partial charge in [0.05, 0.1) is 11.4 Å². The highest BCUT2D eigenvalue weighted by atomic mass is 15.1. The van der Waals surface area contributed by atoms with E-state index in [0.717, 1.165) is 52.9 Å². The van der Waals surface area contributed by atoms with E-state index in [1.54, 1.807) is 6.20 Å². The highest BCUT2D eigenvalue weighted by Gasteiger charge is 2.37. The molecule has 4 rings (SSSR count). The van der Waals surface area contributed by atoms with Gasteiger partial charge < -0.3 is 11.1 Å². The molecular weight excluding hydrogens is 430 g/mol. The summed E-state index contributed by atoms with van der Waals surface area (Å²) >= 11 is 0. The number of allylic oxidation sites excluding steroid dienone is 1. The average Bonchev–Trinajstić information content (AvgIpc) is 2.79. The third-order valence-electron chi connectivity index (χ3n) is 7.51. The quantitative estimate of drug-likeness (QED) is 0.486.